The largest absolute Gasteiger partial charge is 0.367 e. The highest BCUT2D eigenvalue weighted by atomic mass is 15.3. The van der Waals surface area contributed by atoms with E-state index in [1.54, 1.807) is 6.20 Å². The van der Waals surface area contributed by atoms with Crippen LogP contribution in [-0.2, 0) is 19.4 Å². The van der Waals surface area contributed by atoms with Crippen molar-refractivity contribution in [2.45, 2.75) is 39.7 Å². The van der Waals surface area contributed by atoms with E-state index >= 15 is 0 Å². The summed E-state index contributed by atoms with van der Waals surface area (Å²) < 4.78 is 1.89. The van der Waals surface area contributed by atoms with Gasteiger partial charge in [0.25, 0.3) is 0 Å². The van der Waals surface area contributed by atoms with Gasteiger partial charge in [-0.3, -0.25) is 4.68 Å². The van der Waals surface area contributed by atoms with Crippen LogP contribution in [0.25, 0.3) is 0 Å². The fourth-order valence-corrected chi connectivity index (χ4v) is 2.30. The molecule has 0 spiro atoms. The van der Waals surface area contributed by atoms with Crippen molar-refractivity contribution in [3.8, 4) is 6.07 Å². The van der Waals surface area contributed by atoms with E-state index in [0.717, 1.165) is 43.6 Å². The lowest BCUT2D eigenvalue weighted by Gasteiger charge is -2.11. The topological polar surface area (TPSA) is 79.4 Å². The highest BCUT2D eigenvalue weighted by molar-refractivity contribution is 5.56. The van der Waals surface area contributed by atoms with Gasteiger partial charge in [-0.1, -0.05) is 13.8 Å². The number of nitrogens with one attached hydrogen (secondary N) is 1. The van der Waals surface area contributed by atoms with Gasteiger partial charge >= 0.3 is 0 Å². The van der Waals surface area contributed by atoms with Crippen LogP contribution in [0.1, 0.15) is 37.1 Å². The van der Waals surface area contributed by atoms with Crippen LogP contribution in [0.3, 0.4) is 0 Å². The predicted molar refractivity (Wildman–Crippen MR) is 80.8 cm³/mol. The second-order valence-corrected chi connectivity index (χ2v) is 4.72. The molecule has 1 N–H and O–H groups in total. The molecule has 2 aromatic heterocycles. The van der Waals surface area contributed by atoms with Crippen LogP contribution < -0.4 is 5.32 Å². The van der Waals surface area contributed by atoms with Gasteiger partial charge in [0.15, 0.2) is 5.82 Å². The predicted octanol–water partition coefficient (Wildman–Crippen LogP) is 2.17. The molecule has 2 aromatic rings. The molecule has 0 aromatic carbocycles. The quantitative estimate of drug-likeness (QED) is 0.788. The van der Waals surface area contributed by atoms with Gasteiger partial charge in [0.1, 0.15) is 11.6 Å². The summed E-state index contributed by atoms with van der Waals surface area (Å²) >= 11 is 0. The Morgan fingerprint density at radius 3 is 2.76 bits per heavy atom. The molecule has 0 radical (unpaired) electrons. The Balaban J connectivity index is 2.01. The van der Waals surface area contributed by atoms with E-state index in [-0.39, 0.29) is 0 Å². The Morgan fingerprint density at radius 1 is 1.29 bits per heavy atom. The van der Waals surface area contributed by atoms with Crippen LogP contribution in [0, 0.1) is 11.3 Å². The summed E-state index contributed by atoms with van der Waals surface area (Å²) in [6.07, 6.45) is 6.20. The SMILES string of the molecule is CCc1nnc(NCCCn2cccn2)c(C#N)c1CC. The van der Waals surface area contributed by atoms with Gasteiger partial charge in [0.05, 0.1) is 5.69 Å². The van der Waals surface area contributed by atoms with Gasteiger partial charge in [-0.25, -0.2) is 0 Å². The Morgan fingerprint density at radius 2 is 2.14 bits per heavy atom. The maximum Gasteiger partial charge on any atom is 0.166 e. The molecule has 0 amide bonds. The van der Waals surface area contributed by atoms with Crippen LogP contribution in [0.15, 0.2) is 18.5 Å². The monoisotopic (exact) mass is 284 g/mol. The van der Waals surface area contributed by atoms with E-state index in [2.05, 4.69) is 26.7 Å². The van der Waals surface area contributed by atoms with Gasteiger partial charge in [-0.2, -0.15) is 15.5 Å². The summed E-state index contributed by atoms with van der Waals surface area (Å²) in [7, 11) is 0. The van der Waals surface area contributed by atoms with E-state index in [1.165, 1.54) is 0 Å². The van der Waals surface area contributed by atoms with E-state index < -0.39 is 0 Å². The molecule has 0 aliphatic heterocycles. The van der Waals surface area contributed by atoms with Crippen LogP contribution in [-0.4, -0.2) is 26.5 Å². The van der Waals surface area contributed by atoms with E-state index in [0.29, 0.717) is 11.4 Å². The minimum absolute atomic E-state index is 0.590. The maximum atomic E-state index is 9.39. The summed E-state index contributed by atoms with van der Waals surface area (Å²) in [4.78, 5) is 0. The Labute approximate surface area is 124 Å². The molecule has 0 fully saturated rings. The number of nitriles is 1. The Hall–Kier alpha value is -2.42. The molecule has 110 valence electrons. The van der Waals surface area contributed by atoms with Crippen molar-refractivity contribution in [2.75, 3.05) is 11.9 Å². The molecule has 0 bridgehead atoms. The second kappa shape index (κ2) is 7.39. The van der Waals surface area contributed by atoms with Gasteiger partial charge in [0.2, 0.25) is 0 Å². The van der Waals surface area contributed by atoms with Crippen molar-refractivity contribution >= 4 is 5.82 Å². The number of hydrogen-bond acceptors (Lipinski definition) is 5. The van der Waals surface area contributed by atoms with E-state index in [4.69, 9.17) is 0 Å². The fraction of sp³-hybridized carbons (Fsp3) is 0.467. The van der Waals surface area contributed by atoms with Crippen molar-refractivity contribution in [1.29, 1.82) is 5.26 Å². The number of nitrogens with zero attached hydrogens (tertiary/aromatic N) is 5. The maximum absolute atomic E-state index is 9.39. The highest BCUT2D eigenvalue weighted by Crippen LogP contribution is 2.19. The molecule has 0 saturated heterocycles. The molecule has 2 heterocycles. The summed E-state index contributed by atoms with van der Waals surface area (Å²) in [6, 6.07) is 4.17. The first-order valence-corrected chi connectivity index (χ1v) is 7.29. The lowest BCUT2D eigenvalue weighted by Crippen LogP contribution is -2.12. The Bertz CT molecular complexity index is 612. The van der Waals surface area contributed by atoms with Crippen LogP contribution in [0.5, 0.6) is 0 Å². The highest BCUT2D eigenvalue weighted by Gasteiger charge is 2.13. The molecule has 0 atom stereocenters. The molecule has 0 unspecified atom stereocenters. The first-order valence-electron chi connectivity index (χ1n) is 7.29. The number of rotatable bonds is 7. The second-order valence-electron chi connectivity index (χ2n) is 4.72. The number of aryl methyl sites for hydroxylation is 2. The molecular formula is C15H20N6. The van der Waals surface area contributed by atoms with Crippen molar-refractivity contribution in [1.82, 2.24) is 20.0 Å². The van der Waals surface area contributed by atoms with Crippen molar-refractivity contribution in [3.63, 3.8) is 0 Å². The summed E-state index contributed by atoms with van der Waals surface area (Å²) in [6.45, 7) is 5.64. The standard InChI is InChI=1S/C15H20N6/c1-3-12-13(11-16)15(20-19-14(12)4-2)17-7-5-9-21-10-6-8-18-21/h6,8,10H,3-5,7,9H2,1-2H3,(H,17,20). The summed E-state index contributed by atoms with van der Waals surface area (Å²) in [5, 5.41) is 25.1. The third-order valence-corrected chi connectivity index (χ3v) is 3.37. The minimum atomic E-state index is 0.590. The van der Waals surface area contributed by atoms with Crippen molar-refractivity contribution < 1.29 is 0 Å². The third kappa shape index (κ3) is 3.57. The van der Waals surface area contributed by atoms with Crippen LogP contribution >= 0.6 is 0 Å². The fourth-order valence-electron chi connectivity index (χ4n) is 2.30. The summed E-state index contributed by atoms with van der Waals surface area (Å²) in [5.74, 6) is 0.590. The molecule has 0 saturated carbocycles. The van der Waals surface area contributed by atoms with Gasteiger partial charge in [-0.15, -0.1) is 5.10 Å². The average molecular weight is 284 g/mol. The van der Waals surface area contributed by atoms with E-state index in [9.17, 15) is 5.26 Å². The van der Waals surface area contributed by atoms with Gasteiger partial charge < -0.3 is 5.32 Å². The molecule has 2 rings (SSSR count). The lowest BCUT2D eigenvalue weighted by atomic mass is 10.0. The smallest absolute Gasteiger partial charge is 0.166 e. The summed E-state index contributed by atoms with van der Waals surface area (Å²) in [5.41, 5.74) is 2.55. The first kappa shape index (κ1) is 15.0. The molecule has 0 aliphatic rings. The molecular weight excluding hydrogens is 264 g/mol. The number of anilines is 1. The van der Waals surface area contributed by atoms with Crippen LogP contribution in [0.4, 0.5) is 5.82 Å². The zero-order valence-corrected chi connectivity index (χ0v) is 12.5. The first-order chi connectivity index (χ1) is 10.3. The average Bonchev–Trinajstić information content (AvgIpc) is 3.03. The van der Waals surface area contributed by atoms with E-state index in [1.807, 2.05) is 30.8 Å². The van der Waals surface area contributed by atoms with Crippen molar-refractivity contribution in [3.05, 3.63) is 35.3 Å². The molecule has 6 nitrogen and oxygen atoms in total. The van der Waals surface area contributed by atoms with Gasteiger partial charge in [-0.05, 0) is 30.9 Å². The normalized spacial score (nSPS) is 10.3. The zero-order valence-electron chi connectivity index (χ0n) is 12.5. The van der Waals surface area contributed by atoms with Gasteiger partial charge in [0, 0.05) is 25.5 Å². The molecule has 0 aliphatic carbocycles. The molecule has 21 heavy (non-hydrogen) atoms. The minimum Gasteiger partial charge on any atom is -0.367 e. The zero-order chi connectivity index (χ0) is 15.1. The van der Waals surface area contributed by atoms with Crippen LogP contribution in [0.2, 0.25) is 0 Å². The third-order valence-electron chi connectivity index (χ3n) is 3.37. The Kier molecular flexibility index (Phi) is 5.27. The van der Waals surface area contributed by atoms with Crippen molar-refractivity contribution in [2.24, 2.45) is 0 Å². The molecule has 6 heteroatoms. The lowest BCUT2D eigenvalue weighted by molar-refractivity contribution is 0.591. The number of hydrogen-bond donors (Lipinski definition) is 1. The number of aromatic nitrogens is 4.